The number of piperazine rings is 1. The van der Waals surface area contributed by atoms with Gasteiger partial charge in [-0.15, -0.1) is 0 Å². The summed E-state index contributed by atoms with van der Waals surface area (Å²) in [6.07, 6.45) is -2.39. The van der Waals surface area contributed by atoms with E-state index in [1.54, 1.807) is 4.90 Å². The zero-order valence-electron chi connectivity index (χ0n) is 11.8. The predicted molar refractivity (Wildman–Crippen MR) is 67.6 cm³/mol. The molecule has 1 unspecified atom stereocenters. The molecule has 0 radical (unpaired) electrons. The van der Waals surface area contributed by atoms with Gasteiger partial charge in [0, 0.05) is 24.7 Å². The minimum absolute atomic E-state index is 0.0298. The molecule has 0 aliphatic carbocycles. The van der Waals surface area contributed by atoms with E-state index >= 15 is 0 Å². The summed E-state index contributed by atoms with van der Waals surface area (Å²) in [5, 5.41) is 3.47. The van der Waals surface area contributed by atoms with Crippen LogP contribution in [0.3, 0.4) is 0 Å². The summed E-state index contributed by atoms with van der Waals surface area (Å²) < 4.78 is 38.0. The Balaban J connectivity index is 2.82. The van der Waals surface area contributed by atoms with Crippen LogP contribution in [0.1, 0.15) is 40.5 Å². The van der Waals surface area contributed by atoms with Crippen LogP contribution in [0.2, 0.25) is 0 Å². The summed E-state index contributed by atoms with van der Waals surface area (Å²) in [4.78, 5) is 1.62. The van der Waals surface area contributed by atoms with Crippen molar-refractivity contribution in [2.45, 2.75) is 58.3 Å². The first-order valence-corrected chi connectivity index (χ1v) is 6.79. The van der Waals surface area contributed by atoms with Crippen molar-refractivity contribution in [3.8, 4) is 0 Å². The maximum atomic E-state index is 12.7. The fourth-order valence-electron chi connectivity index (χ4n) is 2.80. The molecule has 0 amide bonds. The predicted octanol–water partition coefficient (Wildman–Crippen LogP) is 3.04. The summed E-state index contributed by atoms with van der Waals surface area (Å²) in [6, 6.07) is -0.0298. The topological polar surface area (TPSA) is 15.3 Å². The normalized spacial score (nSPS) is 25.7. The van der Waals surface area contributed by atoms with Gasteiger partial charge in [-0.1, -0.05) is 27.7 Å². The van der Waals surface area contributed by atoms with Gasteiger partial charge in [0.2, 0.25) is 0 Å². The van der Waals surface area contributed by atoms with E-state index in [0.29, 0.717) is 13.1 Å². The van der Waals surface area contributed by atoms with E-state index in [1.807, 2.05) is 27.7 Å². The lowest BCUT2D eigenvalue weighted by Gasteiger charge is -2.49. The molecule has 1 aliphatic heterocycles. The lowest BCUT2D eigenvalue weighted by atomic mass is 9.86. The molecule has 108 valence electrons. The molecule has 1 heterocycles. The average molecular weight is 266 g/mol. The number of alkyl halides is 3. The average Bonchev–Trinajstić information content (AvgIpc) is 2.26. The van der Waals surface area contributed by atoms with Crippen LogP contribution in [-0.2, 0) is 0 Å². The number of halogens is 3. The summed E-state index contributed by atoms with van der Waals surface area (Å²) in [5.74, 6) is 0.228. The van der Waals surface area contributed by atoms with Gasteiger partial charge in [0.15, 0.2) is 0 Å². The van der Waals surface area contributed by atoms with Crippen molar-refractivity contribution in [2.75, 3.05) is 19.6 Å². The Morgan fingerprint density at radius 2 is 1.83 bits per heavy atom. The maximum absolute atomic E-state index is 12.7. The Morgan fingerprint density at radius 1 is 1.28 bits per heavy atom. The lowest BCUT2D eigenvalue weighted by Crippen LogP contribution is -2.66. The third kappa shape index (κ3) is 3.85. The molecule has 2 nitrogen and oxygen atoms in total. The van der Waals surface area contributed by atoms with E-state index in [-0.39, 0.29) is 17.5 Å². The van der Waals surface area contributed by atoms with Crippen molar-refractivity contribution in [2.24, 2.45) is 5.92 Å². The van der Waals surface area contributed by atoms with Gasteiger partial charge in [-0.3, -0.25) is 4.90 Å². The van der Waals surface area contributed by atoms with Crippen molar-refractivity contribution in [3.63, 3.8) is 0 Å². The van der Waals surface area contributed by atoms with Gasteiger partial charge in [-0.05, 0) is 18.8 Å². The van der Waals surface area contributed by atoms with Crippen LogP contribution in [0.4, 0.5) is 13.2 Å². The smallest absolute Gasteiger partial charge is 0.308 e. The van der Waals surface area contributed by atoms with Crippen molar-refractivity contribution in [1.82, 2.24) is 10.2 Å². The van der Waals surface area contributed by atoms with Gasteiger partial charge in [-0.25, -0.2) is 0 Å². The highest BCUT2D eigenvalue weighted by Crippen LogP contribution is 2.28. The molecule has 18 heavy (non-hydrogen) atoms. The van der Waals surface area contributed by atoms with Crippen molar-refractivity contribution < 1.29 is 13.2 Å². The van der Waals surface area contributed by atoms with Gasteiger partial charge >= 0.3 is 6.18 Å². The third-order valence-electron chi connectivity index (χ3n) is 4.17. The minimum atomic E-state index is -4.11. The molecule has 1 N–H and O–H groups in total. The summed E-state index contributed by atoms with van der Waals surface area (Å²) in [7, 11) is 0. The molecule has 1 rings (SSSR count). The SMILES string of the molecule is CCC1(CC)CN(CC(F)(F)F)C(C(C)C)CN1. The molecule has 5 heteroatoms. The highest BCUT2D eigenvalue weighted by molar-refractivity contribution is 4.97. The van der Waals surface area contributed by atoms with Crippen LogP contribution in [0.5, 0.6) is 0 Å². The van der Waals surface area contributed by atoms with Crippen LogP contribution in [0.25, 0.3) is 0 Å². The fraction of sp³-hybridized carbons (Fsp3) is 1.00. The molecule has 1 atom stereocenters. The van der Waals surface area contributed by atoms with Gasteiger partial charge in [0.05, 0.1) is 6.54 Å². The second kappa shape index (κ2) is 5.78. The first-order valence-electron chi connectivity index (χ1n) is 6.79. The van der Waals surface area contributed by atoms with Gasteiger partial charge in [-0.2, -0.15) is 13.2 Å². The van der Waals surface area contributed by atoms with Crippen LogP contribution in [0.15, 0.2) is 0 Å². The van der Waals surface area contributed by atoms with Gasteiger partial charge in [0.25, 0.3) is 0 Å². The zero-order valence-corrected chi connectivity index (χ0v) is 11.8. The monoisotopic (exact) mass is 266 g/mol. The molecule has 0 aromatic heterocycles. The molecule has 1 saturated heterocycles. The summed E-state index contributed by atoms with van der Waals surface area (Å²) >= 11 is 0. The molecule has 0 spiro atoms. The zero-order chi connectivity index (χ0) is 14.0. The number of hydrogen-bond donors (Lipinski definition) is 1. The molecular weight excluding hydrogens is 241 g/mol. The van der Waals surface area contributed by atoms with E-state index in [4.69, 9.17) is 0 Å². The minimum Gasteiger partial charge on any atom is -0.308 e. The number of rotatable bonds is 4. The van der Waals surface area contributed by atoms with Crippen LogP contribution >= 0.6 is 0 Å². The number of nitrogens with one attached hydrogen (secondary N) is 1. The molecule has 0 saturated carbocycles. The molecule has 1 aliphatic rings. The van der Waals surface area contributed by atoms with E-state index in [0.717, 1.165) is 12.8 Å². The Kier molecular flexibility index (Phi) is 5.06. The standard InChI is InChI=1S/C13H25F3N2/c1-5-12(6-2)8-18(9-13(14,15)16)11(7-17-12)10(3)4/h10-11,17H,5-9H2,1-4H3. The quantitative estimate of drug-likeness (QED) is 0.841. The highest BCUT2D eigenvalue weighted by atomic mass is 19.4. The molecular formula is C13H25F3N2. The Labute approximate surface area is 108 Å². The Morgan fingerprint density at radius 3 is 2.22 bits per heavy atom. The van der Waals surface area contributed by atoms with E-state index in [1.165, 1.54) is 0 Å². The second-order valence-corrected chi connectivity index (χ2v) is 5.70. The van der Waals surface area contributed by atoms with Crippen LogP contribution in [0, 0.1) is 5.92 Å². The van der Waals surface area contributed by atoms with Crippen LogP contribution in [-0.4, -0.2) is 42.3 Å². The third-order valence-corrected chi connectivity index (χ3v) is 4.17. The molecule has 0 bridgehead atoms. The number of nitrogens with zero attached hydrogens (tertiary/aromatic N) is 1. The highest BCUT2D eigenvalue weighted by Gasteiger charge is 2.42. The molecule has 1 fully saturated rings. The first-order chi connectivity index (χ1) is 8.23. The summed E-state index contributed by atoms with van der Waals surface area (Å²) in [6.45, 7) is 8.40. The molecule has 0 aromatic rings. The fourth-order valence-corrected chi connectivity index (χ4v) is 2.80. The van der Waals surface area contributed by atoms with Crippen molar-refractivity contribution >= 4 is 0 Å². The number of hydrogen-bond acceptors (Lipinski definition) is 2. The van der Waals surface area contributed by atoms with E-state index in [9.17, 15) is 13.2 Å². The van der Waals surface area contributed by atoms with E-state index in [2.05, 4.69) is 5.32 Å². The van der Waals surface area contributed by atoms with Crippen molar-refractivity contribution in [1.29, 1.82) is 0 Å². The lowest BCUT2D eigenvalue weighted by molar-refractivity contribution is -0.159. The largest absolute Gasteiger partial charge is 0.401 e. The van der Waals surface area contributed by atoms with E-state index < -0.39 is 12.7 Å². The summed E-state index contributed by atoms with van der Waals surface area (Å²) in [5.41, 5.74) is -0.156. The Hall–Kier alpha value is -0.290. The second-order valence-electron chi connectivity index (χ2n) is 5.70. The van der Waals surface area contributed by atoms with Gasteiger partial charge < -0.3 is 5.32 Å². The maximum Gasteiger partial charge on any atom is 0.401 e. The van der Waals surface area contributed by atoms with Crippen LogP contribution < -0.4 is 5.32 Å². The Bertz CT molecular complexity index is 259. The van der Waals surface area contributed by atoms with Gasteiger partial charge in [0.1, 0.15) is 0 Å². The molecule has 0 aromatic carbocycles. The van der Waals surface area contributed by atoms with Crippen molar-refractivity contribution in [3.05, 3.63) is 0 Å². The first kappa shape index (κ1) is 15.8.